The topological polar surface area (TPSA) is 67.7 Å². The molecule has 0 saturated carbocycles. The van der Waals surface area contributed by atoms with Crippen molar-refractivity contribution in [2.45, 2.75) is 20.0 Å². The maximum Gasteiger partial charge on any atom is 0.491 e. The van der Waals surface area contributed by atoms with E-state index >= 15 is 0 Å². The molecule has 1 aromatic carbocycles. The smallest absolute Gasteiger partial charge is 0.462 e. The maximum absolute atomic E-state index is 9.86. The fourth-order valence-corrected chi connectivity index (χ4v) is 2.65. The van der Waals surface area contributed by atoms with Crippen molar-refractivity contribution in [3.05, 3.63) is 42.2 Å². The molecule has 0 unspecified atom stereocenters. The fourth-order valence-electron chi connectivity index (χ4n) is 2.65. The van der Waals surface area contributed by atoms with E-state index in [1.165, 1.54) is 0 Å². The summed E-state index contributed by atoms with van der Waals surface area (Å²) in [6.07, 6.45) is 4.35. The number of hydrogen-bond donors (Lipinski definition) is 1. The summed E-state index contributed by atoms with van der Waals surface area (Å²) in [6.45, 7) is 4.75. The van der Waals surface area contributed by atoms with Crippen molar-refractivity contribution in [1.29, 1.82) is 0 Å². The lowest BCUT2D eigenvalue weighted by Crippen LogP contribution is -2.32. The zero-order valence-electron chi connectivity index (χ0n) is 13.2. The van der Waals surface area contributed by atoms with Crippen LogP contribution in [-0.2, 0) is 11.3 Å². The molecule has 0 amide bonds. The van der Waals surface area contributed by atoms with Gasteiger partial charge in [0, 0.05) is 24.6 Å². The molecule has 0 aliphatic carbocycles. The molecule has 0 radical (unpaired) electrons. The minimum absolute atomic E-state index is 0.390. The molecule has 2 aromatic rings. The Morgan fingerprint density at radius 2 is 2.13 bits per heavy atom. The number of ether oxygens (including phenoxy) is 1. The summed E-state index contributed by atoms with van der Waals surface area (Å²) in [5.74, 6) is 0. The lowest BCUT2D eigenvalue weighted by molar-refractivity contribution is 0.275. The highest BCUT2D eigenvalue weighted by Gasteiger charge is 2.27. The molecule has 1 aliphatic rings. The van der Waals surface area contributed by atoms with Crippen LogP contribution in [0.1, 0.15) is 18.9 Å². The van der Waals surface area contributed by atoms with E-state index in [9.17, 15) is 5.02 Å². The summed E-state index contributed by atoms with van der Waals surface area (Å²) >= 11 is 0. The summed E-state index contributed by atoms with van der Waals surface area (Å²) in [4.78, 5) is 10.3. The average Bonchev–Trinajstić information content (AvgIpc) is 2.96. The summed E-state index contributed by atoms with van der Waals surface area (Å²) in [5.41, 5.74) is 2.97. The Balaban J connectivity index is 1.65. The van der Waals surface area contributed by atoms with Gasteiger partial charge >= 0.3 is 13.1 Å². The Hall–Kier alpha value is -2.12. The van der Waals surface area contributed by atoms with Crippen molar-refractivity contribution in [2.24, 2.45) is 0 Å². The van der Waals surface area contributed by atoms with Crippen molar-refractivity contribution >= 4 is 18.3 Å². The number of aromatic nitrogens is 2. The highest BCUT2D eigenvalue weighted by atomic mass is 16.5. The molecule has 1 N–H and O–H groups in total. The monoisotopic (exact) mass is 313 g/mol. The van der Waals surface area contributed by atoms with E-state index in [4.69, 9.17) is 9.39 Å². The molecule has 0 fully saturated rings. The van der Waals surface area contributed by atoms with E-state index in [0.717, 1.165) is 36.2 Å². The summed E-state index contributed by atoms with van der Waals surface area (Å²) in [6, 6.07) is 8.23. The van der Waals surface area contributed by atoms with Crippen LogP contribution in [0.25, 0.3) is 0 Å². The molecular weight excluding hydrogens is 293 g/mol. The number of rotatable bonds is 7. The largest absolute Gasteiger partial charge is 0.491 e. The predicted octanol–water partition coefficient (Wildman–Crippen LogP) is 0.990. The van der Waals surface area contributed by atoms with Crippen molar-refractivity contribution in [1.82, 2.24) is 9.97 Å². The van der Waals surface area contributed by atoms with Crippen LogP contribution in [0.5, 0.6) is 6.01 Å². The van der Waals surface area contributed by atoms with Gasteiger partial charge in [0.05, 0.1) is 13.2 Å². The van der Waals surface area contributed by atoms with Gasteiger partial charge in [0.2, 0.25) is 0 Å². The van der Waals surface area contributed by atoms with Gasteiger partial charge in [-0.2, -0.15) is 0 Å². The van der Waals surface area contributed by atoms with Crippen LogP contribution in [0.2, 0.25) is 0 Å². The molecule has 7 heteroatoms. The zero-order chi connectivity index (χ0) is 16.1. The third-order valence-corrected chi connectivity index (χ3v) is 3.79. The first kappa shape index (κ1) is 15.8. The molecule has 0 bridgehead atoms. The maximum atomic E-state index is 9.86. The first-order chi connectivity index (χ1) is 11.3. The van der Waals surface area contributed by atoms with Gasteiger partial charge in [-0.05, 0) is 35.6 Å². The van der Waals surface area contributed by atoms with Crippen LogP contribution >= 0.6 is 0 Å². The molecule has 6 nitrogen and oxygen atoms in total. The van der Waals surface area contributed by atoms with Crippen molar-refractivity contribution in [3.63, 3.8) is 0 Å². The molecular formula is C16H20BN3O3. The van der Waals surface area contributed by atoms with Crippen LogP contribution in [0.3, 0.4) is 0 Å². The minimum atomic E-state index is -0.817. The predicted molar refractivity (Wildman–Crippen MR) is 88.9 cm³/mol. The molecule has 0 atom stereocenters. The second-order valence-corrected chi connectivity index (χ2v) is 5.41. The quantitative estimate of drug-likeness (QED) is 0.769. The summed E-state index contributed by atoms with van der Waals surface area (Å²) in [7, 11) is -0.817. The first-order valence-electron chi connectivity index (χ1n) is 7.85. The van der Waals surface area contributed by atoms with Gasteiger partial charge in [-0.1, -0.05) is 13.0 Å². The van der Waals surface area contributed by atoms with Gasteiger partial charge in [-0.25, -0.2) is 9.97 Å². The lowest BCUT2D eigenvalue weighted by atomic mass is 9.79. The standard InChI is InChI=1S/C16H20BN3O3/c1-2-8-20(9-10-22-16-18-6-3-7-19-16)14-5-4-13-12-23-17(21)15(13)11-14/h3-7,11,21H,2,8-10,12H2,1H3. The number of nitrogens with zero attached hydrogens (tertiary/aromatic N) is 3. The van der Waals surface area contributed by atoms with E-state index in [1.54, 1.807) is 18.5 Å². The van der Waals surface area contributed by atoms with Crippen LogP contribution in [0.4, 0.5) is 5.69 Å². The van der Waals surface area contributed by atoms with Crippen LogP contribution in [0, 0.1) is 0 Å². The van der Waals surface area contributed by atoms with E-state index in [-0.39, 0.29) is 0 Å². The summed E-state index contributed by atoms with van der Waals surface area (Å²) in [5, 5.41) is 9.86. The van der Waals surface area contributed by atoms with Crippen LogP contribution in [-0.4, -0.2) is 41.8 Å². The van der Waals surface area contributed by atoms with Gasteiger partial charge < -0.3 is 19.3 Å². The van der Waals surface area contributed by atoms with E-state index in [1.807, 2.05) is 12.1 Å². The van der Waals surface area contributed by atoms with Gasteiger partial charge in [-0.3, -0.25) is 0 Å². The van der Waals surface area contributed by atoms with Gasteiger partial charge in [0.15, 0.2) is 0 Å². The van der Waals surface area contributed by atoms with E-state index in [2.05, 4.69) is 27.9 Å². The van der Waals surface area contributed by atoms with Crippen molar-refractivity contribution < 1.29 is 14.4 Å². The third kappa shape index (κ3) is 3.81. The Morgan fingerprint density at radius 3 is 2.91 bits per heavy atom. The number of anilines is 1. The van der Waals surface area contributed by atoms with Gasteiger partial charge in [0.25, 0.3) is 0 Å². The highest BCUT2D eigenvalue weighted by molar-refractivity contribution is 6.61. The zero-order valence-corrected chi connectivity index (χ0v) is 13.2. The molecule has 1 aromatic heterocycles. The Labute approximate surface area is 136 Å². The molecule has 3 rings (SSSR count). The second kappa shape index (κ2) is 7.43. The number of hydrogen-bond acceptors (Lipinski definition) is 6. The third-order valence-electron chi connectivity index (χ3n) is 3.79. The molecule has 2 heterocycles. The molecule has 0 saturated heterocycles. The number of benzene rings is 1. The van der Waals surface area contributed by atoms with E-state index < -0.39 is 7.12 Å². The van der Waals surface area contributed by atoms with Crippen LogP contribution in [0.15, 0.2) is 36.7 Å². The van der Waals surface area contributed by atoms with Crippen LogP contribution < -0.4 is 15.1 Å². The Kier molecular flexibility index (Phi) is 5.10. The SMILES string of the molecule is CCCN(CCOc1ncccn1)c1ccc2c(c1)B(O)OC2. The van der Waals surface area contributed by atoms with Crippen molar-refractivity contribution in [3.8, 4) is 6.01 Å². The Bertz CT molecular complexity index is 642. The molecule has 0 spiro atoms. The fraction of sp³-hybridized carbons (Fsp3) is 0.375. The Morgan fingerprint density at radius 1 is 1.30 bits per heavy atom. The van der Waals surface area contributed by atoms with Gasteiger partial charge in [-0.15, -0.1) is 0 Å². The molecule has 23 heavy (non-hydrogen) atoms. The van der Waals surface area contributed by atoms with Crippen molar-refractivity contribution in [2.75, 3.05) is 24.6 Å². The average molecular weight is 313 g/mol. The summed E-state index contributed by atoms with van der Waals surface area (Å²) < 4.78 is 10.8. The second-order valence-electron chi connectivity index (χ2n) is 5.41. The number of fused-ring (bicyclic) bond motifs is 1. The molecule has 1 aliphatic heterocycles. The lowest BCUT2D eigenvalue weighted by Gasteiger charge is -2.24. The first-order valence-corrected chi connectivity index (χ1v) is 7.85. The highest BCUT2D eigenvalue weighted by Crippen LogP contribution is 2.18. The minimum Gasteiger partial charge on any atom is -0.462 e. The van der Waals surface area contributed by atoms with E-state index in [0.29, 0.717) is 19.2 Å². The van der Waals surface area contributed by atoms with Gasteiger partial charge in [0.1, 0.15) is 6.61 Å². The molecule has 120 valence electrons. The normalized spacial score (nSPS) is 13.0.